The van der Waals surface area contributed by atoms with E-state index in [4.69, 9.17) is 28.7 Å². The van der Waals surface area contributed by atoms with Gasteiger partial charge in [0.25, 0.3) is 0 Å². The predicted octanol–water partition coefficient (Wildman–Crippen LogP) is -3.42. The number of phenols is 1. The van der Waals surface area contributed by atoms with Gasteiger partial charge in [-0.1, -0.05) is 60.7 Å². The molecule has 0 aliphatic carbocycles. The number of rotatable bonds is 39. The summed E-state index contributed by atoms with van der Waals surface area (Å²) in [6, 6.07) is 8.35. The summed E-state index contributed by atoms with van der Waals surface area (Å²) in [4.78, 5) is 167. The molecule has 0 aliphatic heterocycles. The fraction of sp³-hybridized carbons (Fsp3) is 0.410. The Kier molecular flexibility index (Phi) is 30.1. The summed E-state index contributed by atoms with van der Waals surface area (Å²) in [6.45, 7) is 1.20. The minimum Gasteiger partial charge on any atom is -0.508 e. The van der Waals surface area contributed by atoms with E-state index in [2.05, 4.69) is 93.1 Å². The topological polar surface area (TPSA) is 525 Å². The number of aliphatic carboxylic acids is 1. The Hall–Kier alpha value is -10.4. The molecule has 34 heteroatoms. The van der Waals surface area contributed by atoms with E-state index in [-0.39, 0.29) is 87.9 Å². The second-order valence-corrected chi connectivity index (χ2v) is 22.9. The number of nitrogens with two attached hydrogens (primary N) is 5. The van der Waals surface area contributed by atoms with Gasteiger partial charge in [-0.25, -0.2) is 4.98 Å². The molecule has 0 saturated heterocycles. The molecule has 0 bridgehead atoms. The van der Waals surface area contributed by atoms with E-state index in [0.29, 0.717) is 22.4 Å². The van der Waals surface area contributed by atoms with Gasteiger partial charge in [-0.15, -0.1) is 0 Å². The van der Waals surface area contributed by atoms with Crippen molar-refractivity contribution in [2.75, 3.05) is 24.6 Å². The smallest absolute Gasteiger partial charge is 0.303 e. The lowest BCUT2D eigenvalue weighted by molar-refractivity contribution is -0.138. The molecule has 5 aromatic rings. The van der Waals surface area contributed by atoms with Crippen LogP contribution in [0.25, 0.3) is 10.9 Å². The molecular formula is C61H83N19O13S2. The number of aromatic amines is 1. The van der Waals surface area contributed by atoms with Crippen molar-refractivity contribution in [2.45, 2.75) is 126 Å². The molecule has 2 heterocycles. The fourth-order valence-electron chi connectivity index (χ4n) is 9.77. The van der Waals surface area contributed by atoms with Gasteiger partial charge in [0.15, 0.2) is 11.9 Å². The van der Waals surface area contributed by atoms with E-state index in [1.54, 1.807) is 66.3 Å². The number of fused-ring (bicyclic) bond motifs is 1. The highest BCUT2D eigenvalue weighted by molar-refractivity contribution is 7.80. The maximum Gasteiger partial charge on any atom is 0.303 e. The van der Waals surface area contributed by atoms with E-state index >= 15 is 0 Å². The van der Waals surface area contributed by atoms with Gasteiger partial charge in [-0.2, -0.15) is 25.3 Å². The van der Waals surface area contributed by atoms with Crippen molar-refractivity contribution in [3.63, 3.8) is 0 Å². The van der Waals surface area contributed by atoms with Gasteiger partial charge < -0.3 is 96.3 Å². The fourth-order valence-corrected chi connectivity index (χ4v) is 10.3. The summed E-state index contributed by atoms with van der Waals surface area (Å²) in [5.41, 5.74) is 30.5. The number of carboxylic acids is 1. The Labute approximate surface area is 557 Å². The molecule has 3 aromatic carbocycles. The third-order valence-electron chi connectivity index (χ3n) is 14.8. The number of carbonyl (C=O) groups excluding carboxylic acids is 10. The Bertz CT molecular complexity index is 3530. The first kappa shape index (κ1) is 75.3. The number of guanidine groups is 2. The number of aromatic nitrogens is 3. The number of hydrogen-bond donors (Lipinski definition) is 19. The summed E-state index contributed by atoms with van der Waals surface area (Å²) in [5, 5.41) is 43.8. The van der Waals surface area contributed by atoms with Gasteiger partial charge in [-0.3, -0.25) is 62.7 Å². The lowest BCUT2D eigenvalue weighted by Gasteiger charge is -2.28. The first-order valence-electron chi connectivity index (χ1n) is 30.1. The van der Waals surface area contributed by atoms with Gasteiger partial charge in [0.1, 0.15) is 60.1 Å². The number of para-hydroxylation sites is 1. The number of aryl methyl sites for hydroxylation is 1. The predicted molar refractivity (Wildman–Crippen MR) is 358 cm³/mol. The van der Waals surface area contributed by atoms with Gasteiger partial charge in [0.2, 0.25) is 59.1 Å². The molecule has 2 aromatic heterocycles. The molecule has 0 aliphatic rings. The average molecular weight is 1350 g/mol. The second-order valence-electron chi connectivity index (χ2n) is 22.2. The molecule has 0 fully saturated rings. The maximum atomic E-state index is 14.9. The number of nitrogens with zero attached hydrogens (tertiary/aromatic N) is 4. The largest absolute Gasteiger partial charge is 0.508 e. The number of thiol groups is 2. The molecule has 512 valence electrons. The highest BCUT2D eigenvalue weighted by Gasteiger charge is 2.36. The van der Waals surface area contributed by atoms with Crippen LogP contribution >= 0.6 is 25.3 Å². The number of phenolic OH excluding ortho intramolecular Hbond substituents is 1. The number of benzene rings is 3. The third-order valence-corrected chi connectivity index (χ3v) is 15.5. The molecule has 95 heavy (non-hydrogen) atoms. The molecule has 32 nitrogen and oxygen atoms in total. The van der Waals surface area contributed by atoms with Crippen LogP contribution in [-0.4, -0.2) is 181 Å². The second kappa shape index (κ2) is 38.0. The van der Waals surface area contributed by atoms with Crippen molar-refractivity contribution >= 4 is 113 Å². The highest BCUT2D eigenvalue weighted by Crippen LogP contribution is 2.20. The van der Waals surface area contributed by atoms with Crippen LogP contribution < -0.4 is 76.5 Å². The van der Waals surface area contributed by atoms with Crippen molar-refractivity contribution in [3.8, 4) is 5.75 Å². The number of hydrogen-bond acceptors (Lipinski definition) is 17. The normalized spacial score (nSPS) is 13.8. The van der Waals surface area contributed by atoms with Gasteiger partial charge in [0.05, 0.1) is 6.33 Å². The summed E-state index contributed by atoms with van der Waals surface area (Å²) >= 11 is 8.45. The van der Waals surface area contributed by atoms with E-state index in [1.165, 1.54) is 43.7 Å². The lowest BCUT2D eigenvalue weighted by atomic mass is 10.0. The van der Waals surface area contributed by atoms with E-state index in [0.717, 1.165) is 10.9 Å². The van der Waals surface area contributed by atoms with Crippen molar-refractivity contribution in [2.24, 2.45) is 45.7 Å². The number of H-pyrrole nitrogens is 1. The van der Waals surface area contributed by atoms with Crippen LogP contribution in [0.3, 0.4) is 0 Å². The van der Waals surface area contributed by atoms with Crippen LogP contribution in [0.4, 0.5) is 0 Å². The molecule has 9 atom stereocenters. The highest BCUT2D eigenvalue weighted by atomic mass is 32.1. The first-order valence-corrected chi connectivity index (χ1v) is 31.4. The van der Waals surface area contributed by atoms with E-state index < -0.39 is 138 Å². The summed E-state index contributed by atoms with van der Waals surface area (Å²) in [6.07, 6.45) is 2.50. The Morgan fingerprint density at radius 3 is 1.42 bits per heavy atom. The molecule has 0 radical (unpaired) electrons. The quantitative estimate of drug-likeness (QED) is 0.00788. The SMILES string of the molecule is CC(=O)N[C@@H](Cc1ccc(O)cc1)C(=O)N[C@@H](CCCN=C(N)N)C(=O)N[C@@H](CS)C(=O)N[C@@H](CCC(=O)O)C(=O)N[C@@H](Cc1cncn1C)C(=O)N[C@H](Cc1ccccc1)C(=O)N[C@@H](CCCN=C(N)N)C(=O)N[C@@H](Cc1c[nH]c2ccccc12)C(=O)N[C@@H](CS)C(N)=O. The van der Waals surface area contributed by atoms with E-state index in [1.807, 2.05) is 6.07 Å². The summed E-state index contributed by atoms with van der Waals surface area (Å²) < 4.78 is 1.54. The average Bonchev–Trinajstić information content (AvgIpc) is 1.78. The zero-order valence-corrected chi connectivity index (χ0v) is 54.1. The minimum absolute atomic E-state index is 0.00313. The van der Waals surface area contributed by atoms with Crippen LogP contribution in [0.15, 0.2) is 108 Å². The molecule has 10 amide bonds. The number of aromatic hydroxyl groups is 1. The van der Waals surface area contributed by atoms with Gasteiger partial charge in [0, 0.05) is 99.7 Å². The number of primary amides is 1. The Morgan fingerprint density at radius 1 is 0.526 bits per heavy atom. The van der Waals surface area contributed by atoms with Gasteiger partial charge >= 0.3 is 5.97 Å². The number of amides is 10. The number of imidazole rings is 1. The lowest BCUT2D eigenvalue weighted by Crippen LogP contribution is -2.61. The molecular weight excluding hydrogens is 1270 g/mol. The monoisotopic (exact) mass is 1350 g/mol. The van der Waals surface area contributed by atoms with Crippen molar-refractivity contribution in [3.05, 3.63) is 120 Å². The third kappa shape index (κ3) is 25.2. The molecule has 0 spiro atoms. The Morgan fingerprint density at radius 2 is 0.947 bits per heavy atom. The molecule has 22 N–H and O–H groups in total. The van der Waals surface area contributed by atoms with Crippen LogP contribution in [0.1, 0.15) is 67.8 Å². The standard InChI is InChI=1S/C61H83N19O13S2/c1-33(81)71-44(25-35-16-18-38(82)19-17-35)55(89)72-42(15-9-23-69-61(65)66)53(87)79-49(31-95)59(93)74-43(20-21-50(83)84)54(88)77-47(27-37-29-67-32-80(37)2)58(92)75-45(24-34-10-4-3-5-11-34)56(90)73-41(14-8-22-68-60(63)64)52(86)76-46(57(91)78-48(30-94)51(62)85)26-36-28-70-40-13-7-6-12-39(36)40/h3-7,10-13,16-19,28-29,32,41-49,70,82,94-95H,8-9,14-15,20-27,30-31H2,1-2H3,(H2,62,85)(H,71,81)(H,72,89)(H,73,90)(H,74,93)(H,75,92)(H,76,86)(H,77,88)(H,78,91)(H,79,87)(H,83,84)(H4,63,64,68)(H4,65,66,69)/t41-,42-,43-,44-,45+,46-,47-,48-,49-/m0/s1. The van der Waals surface area contributed by atoms with Crippen molar-refractivity contribution in [1.29, 1.82) is 0 Å². The zero-order chi connectivity index (χ0) is 69.7. The first-order chi connectivity index (χ1) is 45.2. The molecule has 5 rings (SSSR count). The molecule has 0 unspecified atom stereocenters. The van der Waals surface area contributed by atoms with Crippen LogP contribution in [0.2, 0.25) is 0 Å². The number of carbonyl (C=O) groups is 11. The number of nitrogens with one attached hydrogen (secondary N) is 10. The summed E-state index contributed by atoms with van der Waals surface area (Å²) in [7, 11) is 1.61. The Balaban J connectivity index is 1.43. The summed E-state index contributed by atoms with van der Waals surface area (Å²) in [5.74, 6) is -11.4. The minimum atomic E-state index is -1.73. The number of carboxylic acid groups (broad SMARTS) is 1. The number of aliphatic imine (C=N–C) groups is 2. The van der Waals surface area contributed by atoms with Crippen molar-refractivity contribution in [1.82, 2.24) is 62.4 Å². The van der Waals surface area contributed by atoms with Crippen LogP contribution in [-0.2, 0) is 85.5 Å². The zero-order valence-electron chi connectivity index (χ0n) is 52.3. The van der Waals surface area contributed by atoms with Crippen LogP contribution in [0.5, 0.6) is 5.75 Å². The van der Waals surface area contributed by atoms with Crippen molar-refractivity contribution < 1.29 is 63.0 Å². The van der Waals surface area contributed by atoms with Crippen LogP contribution in [0, 0.1) is 0 Å². The maximum absolute atomic E-state index is 14.9. The van der Waals surface area contributed by atoms with Gasteiger partial charge in [-0.05, 0) is 67.0 Å². The molecule has 0 saturated carbocycles. The van der Waals surface area contributed by atoms with E-state index in [9.17, 15) is 63.0 Å².